The number of likely N-dealkylation sites (N-methyl/N-ethyl adjacent to an activating group) is 1. The number of amides is 2. The minimum Gasteiger partial charge on any atom is -0.357 e. The van der Waals surface area contributed by atoms with Gasteiger partial charge in [0.05, 0.1) is 12.2 Å². The third-order valence-corrected chi connectivity index (χ3v) is 6.49. The summed E-state index contributed by atoms with van der Waals surface area (Å²) in [6.07, 6.45) is 0.357. The Morgan fingerprint density at radius 3 is 2.26 bits per heavy atom. The van der Waals surface area contributed by atoms with E-state index in [0.717, 1.165) is 25.6 Å². The lowest BCUT2D eigenvalue weighted by molar-refractivity contribution is -0.122. The molecular weight excluding hydrogens is 572 g/mol. The second-order valence-electron chi connectivity index (χ2n) is 8.04. The molecule has 0 radical (unpaired) electrons. The highest BCUT2D eigenvalue weighted by Crippen LogP contribution is 2.24. The summed E-state index contributed by atoms with van der Waals surface area (Å²) in [5, 5.41) is 10.3. The first kappa shape index (κ1) is 24.9. The lowest BCUT2D eigenvalue weighted by Crippen LogP contribution is -2.47. The van der Waals surface area contributed by atoms with Crippen LogP contribution in [0.4, 0.5) is 0 Å². The minimum atomic E-state index is -0.740. The van der Waals surface area contributed by atoms with Crippen molar-refractivity contribution in [2.75, 3.05) is 7.05 Å². The van der Waals surface area contributed by atoms with Crippen LogP contribution in [0, 0.1) is 0 Å². The summed E-state index contributed by atoms with van der Waals surface area (Å²) in [7, 11) is 1.56. The first-order valence-corrected chi connectivity index (χ1v) is 12.7. The molecule has 0 bridgehead atoms. The molecule has 0 aliphatic rings. The molecule has 1 unspecified atom stereocenters. The number of nitrogens with one attached hydrogen (secondary N) is 2. The van der Waals surface area contributed by atoms with E-state index in [1.807, 2.05) is 78.9 Å². The number of rotatable bonds is 8. The number of nitrogens with zero attached hydrogens (tertiary/aromatic N) is 2. The van der Waals surface area contributed by atoms with Gasteiger partial charge < -0.3 is 10.6 Å². The molecule has 0 spiro atoms. The molecule has 35 heavy (non-hydrogen) atoms. The standard InChI is InChI=1S/C27H24Br2N4O2/c1-30-26(34)24(14-19-9-5-11-21(28)13-19)31-27(35)25-16-23(20-10-6-12-22(29)15-20)32-33(25)17-18-7-3-2-4-8-18/h2-13,15-16,24H,14,17H2,1H3,(H,30,34)(H,31,35). The zero-order valence-corrected chi connectivity index (χ0v) is 22.2. The lowest BCUT2D eigenvalue weighted by atomic mass is 10.0. The molecule has 6 nitrogen and oxygen atoms in total. The molecule has 0 aliphatic carbocycles. The van der Waals surface area contributed by atoms with Gasteiger partial charge in [0.2, 0.25) is 5.91 Å². The number of halogens is 2. The largest absolute Gasteiger partial charge is 0.357 e. The van der Waals surface area contributed by atoms with E-state index in [-0.39, 0.29) is 11.8 Å². The average molecular weight is 596 g/mol. The van der Waals surface area contributed by atoms with Crippen LogP contribution in [0.15, 0.2) is 93.9 Å². The highest BCUT2D eigenvalue weighted by Gasteiger charge is 2.24. The Morgan fingerprint density at radius 2 is 1.57 bits per heavy atom. The monoisotopic (exact) mass is 594 g/mol. The highest BCUT2D eigenvalue weighted by molar-refractivity contribution is 9.10. The Labute approximate surface area is 221 Å². The van der Waals surface area contributed by atoms with Crippen molar-refractivity contribution in [1.29, 1.82) is 0 Å². The van der Waals surface area contributed by atoms with Crippen molar-refractivity contribution in [3.8, 4) is 11.3 Å². The number of benzene rings is 3. The van der Waals surface area contributed by atoms with E-state index in [4.69, 9.17) is 5.10 Å². The van der Waals surface area contributed by atoms with E-state index in [0.29, 0.717) is 24.4 Å². The van der Waals surface area contributed by atoms with Crippen molar-refractivity contribution >= 4 is 43.7 Å². The predicted octanol–water partition coefficient (Wildman–Crippen LogP) is 5.21. The van der Waals surface area contributed by atoms with Crippen LogP contribution in [0.3, 0.4) is 0 Å². The summed E-state index contributed by atoms with van der Waals surface area (Å²) in [5.41, 5.74) is 3.89. The molecule has 1 atom stereocenters. The summed E-state index contributed by atoms with van der Waals surface area (Å²) >= 11 is 6.96. The van der Waals surface area contributed by atoms with Gasteiger partial charge >= 0.3 is 0 Å². The maximum absolute atomic E-state index is 13.5. The van der Waals surface area contributed by atoms with Crippen LogP contribution < -0.4 is 10.6 Å². The van der Waals surface area contributed by atoms with Crippen LogP contribution >= 0.6 is 31.9 Å². The van der Waals surface area contributed by atoms with Crippen molar-refractivity contribution in [2.45, 2.75) is 19.0 Å². The quantitative estimate of drug-likeness (QED) is 0.294. The fourth-order valence-electron chi connectivity index (χ4n) is 3.78. The number of hydrogen-bond donors (Lipinski definition) is 2. The van der Waals surface area contributed by atoms with Gasteiger partial charge in [0, 0.05) is 28.0 Å². The Bertz CT molecular complexity index is 1340. The van der Waals surface area contributed by atoms with Crippen LogP contribution in [0.5, 0.6) is 0 Å². The van der Waals surface area contributed by atoms with Crippen molar-refractivity contribution in [2.24, 2.45) is 0 Å². The fraction of sp³-hybridized carbons (Fsp3) is 0.148. The van der Waals surface area contributed by atoms with Crippen LogP contribution in [-0.2, 0) is 17.8 Å². The molecule has 1 heterocycles. The Kier molecular flexibility index (Phi) is 8.15. The van der Waals surface area contributed by atoms with Gasteiger partial charge in [-0.25, -0.2) is 0 Å². The first-order valence-electron chi connectivity index (χ1n) is 11.1. The van der Waals surface area contributed by atoms with E-state index in [1.165, 1.54) is 0 Å². The van der Waals surface area contributed by atoms with Crippen molar-refractivity contribution in [3.05, 3.63) is 111 Å². The second kappa shape index (κ2) is 11.5. The normalized spacial score (nSPS) is 11.6. The van der Waals surface area contributed by atoms with E-state index in [2.05, 4.69) is 42.5 Å². The maximum atomic E-state index is 13.5. The molecule has 0 saturated heterocycles. The molecule has 0 fully saturated rings. The Hall–Kier alpha value is -3.23. The van der Waals surface area contributed by atoms with E-state index in [9.17, 15) is 9.59 Å². The third-order valence-electron chi connectivity index (χ3n) is 5.51. The zero-order valence-electron chi connectivity index (χ0n) is 19.0. The Balaban J connectivity index is 1.66. The van der Waals surface area contributed by atoms with Gasteiger partial charge in [-0.1, -0.05) is 86.5 Å². The number of aromatic nitrogens is 2. The fourth-order valence-corrected chi connectivity index (χ4v) is 4.63. The third kappa shape index (κ3) is 6.46. The maximum Gasteiger partial charge on any atom is 0.270 e. The van der Waals surface area contributed by atoms with E-state index >= 15 is 0 Å². The summed E-state index contributed by atoms with van der Waals surface area (Å²) in [6, 6.07) is 26.3. The molecule has 8 heteroatoms. The molecular formula is C27H24Br2N4O2. The van der Waals surface area contributed by atoms with Crippen LogP contribution in [0.1, 0.15) is 21.6 Å². The number of carbonyl (C=O) groups is 2. The molecule has 4 aromatic rings. The van der Waals surface area contributed by atoms with Crippen molar-refractivity contribution in [3.63, 3.8) is 0 Å². The van der Waals surface area contributed by atoms with Gasteiger partial charge in [0.15, 0.2) is 0 Å². The molecule has 4 rings (SSSR count). The SMILES string of the molecule is CNC(=O)C(Cc1cccc(Br)c1)NC(=O)c1cc(-c2cccc(Br)c2)nn1Cc1ccccc1. The average Bonchev–Trinajstić information content (AvgIpc) is 3.27. The molecule has 1 aromatic heterocycles. The van der Waals surface area contributed by atoms with Gasteiger partial charge in [-0.05, 0) is 41.5 Å². The molecule has 0 saturated carbocycles. The first-order chi connectivity index (χ1) is 16.9. The number of carbonyl (C=O) groups excluding carboxylic acids is 2. The molecule has 178 valence electrons. The summed E-state index contributed by atoms with van der Waals surface area (Å²) in [4.78, 5) is 26.1. The van der Waals surface area contributed by atoms with Gasteiger partial charge in [-0.15, -0.1) is 0 Å². The smallest absolute Gasteiger partial charge is 0.270 e. The van der Waals surface area contributed by atoms with E-state index < -0.39 is 6.04 Å². The summed E-state index contributed by atoms with van der Waals surface area (Å²) in [6.45, 7) is 0.424. The van der Waals surface area contributed by atoms with Crippen molar-refractivity contribution in [1.82, 2.24) is 20.4 Å². The Morgan fingerprint density at radius 1 is 0.886 bits per heavy atom. The van der Waals surface area contributed by atoms with E-state index in [1.54, 1.807) is 17.8 Å². The van der Waals surface area contributed by atoms with Crippen molar-refractivity contribution < 1.29 is 9.59 Å². The molecule has 2 N–H and O–H groups in total. The summed E-state index contributed by atoms with van der Waals surface area (Å²) in [5.74, 6) is -0.627. The minimum absolute atomic E-state index is 0.264. The van der Waals surface area contributed by atoms with Crippen LogP contribution in [0.25, 0.3) is 11.3 Å². The predicted molar refractivity (Wildman–Crippen MR) is 144 cm³/mol. The lowest BCUT2D eigenvalue weighted by Gasteiger charge is -2.18. The van der Waals surface area contributed by atoms with Gasteiger partial charge in [-0.3, -0.25) is 14.3 Å². The van der Waals surface area contributed by atoms with Gasteiger partial charge in [0.1, 0.15) is 11.7 Å². The van der Waals surface area contributed by atoms with Gasteiger partial charge in [-0.2, -0.15) is 5.10 Å². The van der Waals surface area contributed by atoms with Crippen LogP contribution in [-0.4, -0.2) is 34.7 Å². The molecule has 2 amide bonds. The van der Waals surface area contributed by atoms with Crippen LogP contribution in [0.2, 0.25) is 0 Å². The second-order valence-corrected chi connectivity index (χ2v) is 9.87. The van der Waals surface area contributed by atoms with Gasteiger partial charge in [0.25, 0.3) is 5.91 Å². The number of hydrogen-bond acceptors (Lipinski definition) is 3. The molecule has 0 aliphatic heterocycles. The molecule has 3 aromatic carbocycles. The highest BCUT2D eigenvalue weighted by atomic mass is 79.9. The summed E-state index contributed by atoms with van der Waals surface area (Å²) < 4.78 is 3.52. The zero-order chi connectivity index (χ0) is 24.8. The topological polar surface area (TPSA) is 76.0 Å².